The number of methoxy groups -OCH3 is 1. The molecule has 5 N–H and O–H groups in total. The fourth-order valence-electron chi connectivity index (χ4n) is 16.8. The summed E-state index contributed by atoms with van der Waals surface area (Å²) in [6.45, 7) is 36.1. The summed E-state index contributed by atoms with van der Waals surface area (Å²) in [5.41, 5.74) is 23.0. The molecule has 658 valence electrons. The van der Waals surface area contributed by atoms with Crippen LogP contribution in [0.2, 0.25) is 0 Å². The van der Waals surface area contributed by atoms with Gasteiger partial charge in [-0.15, -0.1) is 0 Å². The molecule has 0 fully saturated rings. The minimum Gasteiger partial charge on any atom is -0.508 e. The summed E-state index contributed by atoms with van der Waals surface area (Å²) < 4.78 is 129. The Kier molecular flexibility index (Phi) is 31.7. The Labute approximate surface area is 721 Å². The molecule has 0 radical (unpaired) electrons. The van der Waals surface area contributed by atoms with E-state index in [2.05, 4.69) is 186 Å². The fourth-order valence-corrected chi connectivity index (χ4v) is 17.4. The molecule has 0 saturated carbocycles. The van der Waals surface area contributed by atoms with Crippen LogP contribution in [0.25, 0.3) is 44.1 Å². The SMILES string of the molecule is CC(C)C1=CCc2ccc(=O)[nH]c21.CC(C)C1=CCc2ccc(F)cc21.CC(C)C1=CCc2ccc(O)cc21.CC(C)C1=CCc2ccccc21.CC(C)c1c[nH]c2ccc(NS(C)(=O)=O)cc12.CC(C)n1nc(C(F)(F)F)c2c1CCCC2.CC1CCCc2c(C(F)(F)F)nn(C(C)C)c21.COc1cc2[nH]cc(C(C)C)c2cc1OCc1ccccc1. The number of aromatic amines is 3. The molecule has 0 bridgehead atoms. The predicted octanol–water partition coefficient (Wildman–Crippen LogP) is 26.5. The molecule has 5 aromatic heterocycles. The quantitative estimate of drug-likeness (QED) is 0.0666. The molecule has 6 aliphatic rings. The van der Waals surface area contributed by atoms with Crippen molar-refractivity contribution in [1.29, 1.82) is 0 Å². The van der Waals surface area contributed by atoms with Gasteiger partial charge in [-0.2, -0.15) is 36.5 Å². The van der Waals surface area contributed by atoms with Gasteiger partial charge in [-0.1, -0.05) is 187 Å². The number of rotatable bonds is 14. The van der Waals surface area contributed by atoms with Crippen LogP contribution in [0.1, 0.15) is 268 Å². The highest BCUT2D eigenvalue weighted by Crippen LogP contribution is 2.44. The van der Waals surface area contributed by atoms with Gasteiger partial charge >= 0.3 is 12.4 Å². The average Bonchev–Trinajstić information content (AvgIpc) is 1.69. The highest BCUT2D eigenvalue weighted by atomic mass is 32.2. The molecule has 123 heavy (non-hydrogen) atoms. The largest absolute Gasteiger partial charge is 0.508 e. The van der Waals surface area contributed by atoms with Crippen LogP contribution < -0.4 is 19.8 Å². The zero-order chi connectivity index (χ0) is 89.7. The van der Waals surface area contributed by atoms with E-state index in [1.807, 2.05) is 101 Å². The third-order valence-electron chi connectivity index (χ3n) is 22.9. The second-order valence-electron chi connectivity index (χ2n) is 34.9. The first kappa shape index (κ1) is 94.6. The van der Waals surface area contributed by atoms with Crippen LogP contribution in [0.4, 0.5) is 36.4 Å². The highest BCUT2D eigenvalue weighted by Gasteiger charge is 2.42. The number of hydrogen-bond donors (Lipinski definition) is 5. The molecule has 11 aromatic rings. The van der Waals surface area contributed by atoms with Gasteiger partial charge in [-0.05, 0) is 266 Å². The van der Waals surface area contributed by atoms with Crippen molar-refractivity contribution in [2.24, 2.45) is 23.7 Å². The summed E-state index contributed by atoms with van der Waals surface area (Å²) in [6.07, 6.45) is 14.9. The van der Waals surface area contributed by atoms with E-state index >= 15 is 0 Å². The lowest BCUT2D eigenvalue weighted by Gasteiger charge is -2.22. The number of nitrogens with zero attached hydrogens (tertiary/aromatic N) is 4. The van der Waals surface area contributed by atoms with Crippen LogP contribution in [-0.4, -0.2) is 61.4 Å². The van der Waals surface area contributed by atoms with Gasteiger partial charge in [0.2, 0.25) is 15.6 Å². The van der Waals surface area contributed by atoms with E-state index in [0.29, 0.717) is 77.5 Å². The summed E-state index contributed by atoms with van der Waals surface area (Å²) in [6, 6.07) is 42.6. The minimum absolute atomic E-state index is 0.00722. The Morgan fingerprint density at radius 2 is 1.03 bits per heavy atom. The van der Waals surface area contributed by atoms with Gasteiger partial charge in [0.1, 0.15) is 18.2 Å². The van der Waals surface area contributed by atoms with E-state index in [1.54, 1.807) is 36.1 Å². The molecular weight excluding hydrogens is 1590 g/mol. The number of halogens is 7. The molecule has 1 atom stereocenters. The smallest absolute Gasteiger partial charge is 0.435 e. The summed E-state index contributed by atoms with van der Waals surface area (Å²) in [5, 5.41) is 19.2. The lowest BCUT2D eigenvalue weighted by atomic mass is 9.87. The van der Waals surface area contributed by atoms with E-state index in [4.69, 9.17) is 9.47 Å². The molecule has 6 aromatic carbocycles. The topological polar surface area (TPSA) is 185 Å². The van der Waals surface area contributed by atoms with E-state index in [0.717, 1.165) is 120 Å². The predicted molar refractivity (Wildman–Crippen MR) is 488 cm³/mol. The molecule has 0 saturated heterocycles. The van der Waals surface area contributed by atoms with Crippen LogP contribution in [0.3, 0.4) is 0 Å². The fraction of sp³-hybridized carbons (Fsp3) is 0.416. The number of phenolic OH excluding ortho intramolecular Hbond substituents is 1. The van der Waals surface area contributed by atoms with Gasteiger partial charge < -0.3 is 29.5 Å². The number of pyridine rings is 1. The molecule has 0 spiro atoms. The van der Waals surface area contributed by atoms with Crippen molar-refractivity contribution in [2.45, 2.75) is 237 Å². The van der Waals surface area contributed by atoms with Crippen LogP contribution >= 0.6 is 0 Å². The molecule has 22 heteroatoms. The molecule has 0 amide bonds. The Hall–Kier alpha value is -10.6. The maximum absolute atomic E-state index is 13.0. The number of ether oxygens (including phenoxy) is 2. The minimum atomic E-state index is -4.33. The molecule has 6 aliphatic carbocycles. The Morgan fingerprint density at radius 3 is 1.61 bits per heavy atom. The number of aromatic nitrogens is 7. The van der Waals surface area contributed by atoms with Gasteiger partial charge in [-0.25, -0.2) is 12.8 Å². The normalized spacial score (nSPS) is 14.8. The number of aromatic hydroxyl groups is 1. The van der Waals surface area contributed by atoms with E-state index in [-0.39, 0.29) is 29.4 Å². The second kappa shape index (κ2) is 41.3. The molecular formula is C101H123F7N8O6S. The molecule has 17 rings (SSSR count). The number of allylic oxidation sites excluding steroid dienone is 8. The number of hydrogen-bond acceptors (Lipinski definition) is 8. The number of sulfonamides is 1. The van der Waals surface area contributed by atoms with Crippen molar-refractivity contribution < 1.29 is 53.7 Å². The Bertz CT molecular complexity index is 5690. The third kappa shape index (κ3) is 24.1. The van der Waals surface area contributed by atoms with E-state index < -0.39 is 33.8 Å². The molecule has 1 unspecified atom stereocenters. The summed E-state index contributed by atoms with van der Waals surface area (Å²) >= 11 is 0. The van der Waals surface area contributed by atoms with Gasteiger partial charge in [0, 0.05) is 92.3 Å². The number of H-pyrrole nitrogens is 3. The number of phenols is 1. The number of nitrogens with one attached hydrogen (secondary N) is 4. The zero-order valence-electron chi connectivity index (χ0n) is 74.7. The van der Waals surface area contributed by atoms with Crippen molar-refractivity contribution in [3.63, 3.8) is 0 Å². The maximum Gasteiger partial charge on any atom is 0.435 e. The molecule has 5 heterocycles. The van der Waals surface area contributed by atoms with E-state index in [9.17, 15) is 49.1 Å². The average molecular weight is 1710 g/mol. The maximum atomic E-state index is 13.0. The highest BCUT2D eigenvalue weighted by molar-refractivity contribution is 7.92. The summed E-state index contributed by atoms with van der Waals surface area (Å²) in [7, 11) is -1.55. The van der Waals surface area contributed by atoms with Gasteiger partial charge in [0.05, 0.1) is 13.4 Å². The standard InChI is InChI=1S/C19H21NO2.C12H17F3N2.C12H13F.C12H16N2O2S.C12H14O.C12H14.C11H15F3N2.C11H13NO/c1-13(2)16-11-20-17-10-18(21-3)19(9-15(16)17)22-12-14-7-5-4-6-8-14;1-7(2)17-10-8(3)5-4-6-9(10)11(16-17)12(13,14)15;1-8(2)11-6-4-9-3-5-10(13)7-12(9)11;1-8(2)11-7-13-12-5-4-9(6-10(11)12)14-17(3,15)16;1-8(2)11-6-4-9-3-5-10(13)7-12(9)11;1-9(2)11-8-7-10-5-3-4-6-12(10)11;1-7(2)16-9-6-4-3-5-8(9)10(15-16)11(12,13)14;1-7(2)9-5-3-8-4-6-10(13)12-11(8)9/h4-11,13,20H,12H2,1-3H3;7-8H,4-6H2,1-3H3;3,5-8H,4H2,1-2H3;4-8,13-14H,1-3H3;3,5-8,13H,4H2,1-2H3;3-6,8-9H,7H2,1-2H3;7H,3-6H2,1-2H3;4-7H,3H2,1-2H3,(H,12,13). The van der Waals surface area contributed by atoms with Crippen LogP contribution in [0.5, 0.6) is 17.2 Å². The summed E-state index contributed by atoms with van der Waals surface area (Å²) in [4.78, 5) is 20.5. The Morgan fingerprint density at radius 1 is 0.528 bits per heavy atom. The monoisotopic (exact) mass is 1710 g/mol. The van der Waals surface area contributed by atoms with Gasteiger partial charge in [0.25, 0.3) is 0 Å². The van der Waals surface area contributed by atoms with Crippen molar-refractivity contribution >= 4 is 59.8 Å². The van der Waals surface area contributed by atoms with Crippen LogP contribution in [-0.2, 0) is 73.9 Å². The third-order valence-corrected chi connectivity index (χ3v) is 23.5. The van der Waals surface area contributed by atoms with Crippen molar-refractivity contribution in [1.82, 2.24) is 34.5 Å². The van der Waals surface area contributed by atoms with Crippen LogP contribution in [0.15, 0.2) is 175 Å². The first-order chi connectivity index (χ1) is 58.1. The second-order valence-corrected chi connectivity index (χ2v) is 36.7. The Balaban J connectivity index is 0.000000148. The summed E-state index contributed by atoms with van der Waals surface area (Å²) in [5.74, 6) is 4.98. The number of anilines is 1. The molecule has 14 nitrogen and oxygen atoms in total. The van der Waals surface area contributed by atoms with Crippen LogP contribution in [0, 0.1) is 29.5 Å². The van der Waals surface area contributed by atoms with Gasteiger partial charge in [-0.3, -0.25) is 18.9 Å². The van der Waals surface area contributed by atoms with Crippen molar-refractivity contribution in [3.8, 4) is 17.2 Å². The number of benzene rings is 6. The van der Waals surface area contributed by atoms with Crippen molar-refractivity contribution in [2.75, 3.05) is 18.1 Å². The zero-order valence-corrected chi connectivity index (χ0v) is 75.5. The van der Waals surface area contributed by atoms with Crippen molar-refractivity contribution in [3.05, 3.63) is 282 Å². The first-order valence-corrected chi connectivity index (χ1v) is 45.0. The lowest BCUT2D eigenvalue weighted by Crippen LogP contribution is -2.14. The molecule has 0 aliphatic heterocycles. The number of alkyl halides is 6. The van der Waals surface area contributed by atoms with Gasteiger partial charge in [0.15, 0.2) is 22.9 Å². The first-order valence-electron chi connectivity index (χ1n) is 43.1. The van der Waals surface area contributed by atoms with E-state index in [1.165, 1.54) is 82.9 Å². The number of fused-ring (bicyclic) bond motifs is 8. The lowest BCUT2D eigenvalue weighted by molar-refractivity contribution is -0.143.